The highest BCUT2D eigenvalue weighted by molar-refractivity contribution is 5.86. The third-order valence-corrected chi connectivity index (χ3v) is 1.59. The van der Waals surface area contributed by atoms with Crippen LogP contribution in [0.1, 0.15) is 24.5 Å². The Morgan fingerprint density at radius 1 is 1.38 bits per heavy atom. The Morgan fingerprint density at radius 2 is 2.06 bits per heavy atom. The number of ether oxygens (including phenoxy) is 2. The van der Waals surface area contributed by atoms with Crippen LogP contribution in [0, 0.1) is 0 Å². The van der Waals surface area contributed by atoms with Gasteiger partial charge in [0.15, 0.2) is 0 Å². The summed E-state index contributed by atoms with van der Waals surface area (Å²) in [6, 6.07) is 0. The minimum atomic E-state index is -0.661. The standard InChI is InChI=1S/C9H13N3O4/c1-3-15-8(13)7-10-5-6-12(7)11-9(14)16-4-2/h5-6H,3-4H2,1-2H3,(H,11,14). The van der Waals surface area contributed by atoms with Crippen LogP contribution in [0.15, 0.2) is 12.4 Å². The smallest absolute Gasteiger partial charge is 0.426 e. The Kier molecular flexibility index (Phi) is 4.31. The third-order valence-electron chi connectivity index (χ3n) is 1.59. The van der Waals surface area contributed by atoms with Crippen LogP contribution in [0.2, 0.25) is 0 Å². The second-order valence-corrected chi connectivity index (χ2v) is 2.67. The molecule has 1 rings (SSSR count). The summed E-state index contributed by atoms with van der Waals surface area (Å²) in [6.07, 6.45) is 2.13. The summed E-state index contributed by atoms with van der Waals surface area (Å²) >= 11 is 0. The molecule has 16 heavy (non-hydrogen) atoms. The van der Waals surface area contributed by atoms with Gasteiger partial charge in [0.25, 0.3) is 0 Å². The second kappa shape index (κ2) is 5.74. The Labute approximate surface area is 92.3 Å². The van der Waals surface area contributed by atoms with Gasteiger partial charge in [0.1, 0.15) is 0 Å². The van der Waals surface area contributed by atoms with Gasteiger partial charge >= 0.3 is 12.1 Å². The van der Waals surface area contributed by atoms with Gasteiger partial charge in [-0.15, -0.1) is 0 Å². The molecule has 88 valence electrons. The van der Waals surface area contributed by atoms with Crippen LogP contribution in [0.4, 0.5) is 4.79 Å². The van der Waals surface area contributed by atoms with Crippen LogP contribution in [-0.2, 0) is 9.47 Å². The number of imidazole rings is 1. The van der Waals surface area contributed by atoms with Crippen molar-refractivity contribution in [3.8, 4) is 0 Å². The highest BCUT2D eigenvalue weighted by Crippen LogP contribution is 1.98. The normalized spacial score (nSPS) is 9.62. The molecule has 0 unspecified atom stereocenters. The molecule has 0 saturated carbocycles. The molecule has 0 radical (unpaired) electrons. The molecule has 1 aromatic rings. The van der Waals surface area contributed by atoms with Gasteiger partial charge in [-0.1, -0.05) is 0 Å². The number of carbonyl (C=O) groups excluding carboxylic acids is 2. The van der Waals surface area contributed by atoms with Crippen molar-refractivity contribution in [2.24, 2.45) is 0 Å². The summed E-state index contributed by atoms with van der Waals surface area (Å²) in [4.78, 5) is 26.2. The zero-order valence-electron chi connectivity index (χ0n) is 9.10. The van der Waals surface area contributed by atoms with Crippen LogP contribution in [-0.4, -0.2) is 34.9 Å². The minimum absolute atomic E-state index is 0.00472. The number of aromatic nitrogens is 2. The molecule has 0 spiro atoms. The van der Waals surface area contributed by atoms with Gasteiger partial charge in [-0.3, -0.25) is 0 Å². The molecular weight excluding hydrogens is 214 g/mol. The summed E-state index contributed by atoms with van der Waals surface area (Å²) in [7, 11) is 0. The Balaban J connectivity index is 2.70. The van der Waals surface area contributed by atoms with Gasteiger partial charge in [-0.2, -0.15) is 0 Å². The first-order valence-electron chi connectivity index (χ1n) is 4.83. The number of carbonyl (C=O) groups is 2. The summed E-state index contributed by atoms with van der Waals surface area (Å²) < 4.78 is 10.6. The summed E-state index contributed by atoms with van der Waals surface area (Å²) in [5, 5.41) is 0. The quantitative estimate of drug-likeness (QED) is 0.768. The van der Waals surface area contributed by atoms with Crippen molar-refractivity contribution in [1.29, 1.82) is 0 Å². The number of nitrogens with zero attached hydrogens (tertiary/aromatic N) is 2. The van der Waals surface area contributed by atoms with E-state index in [1.165, 1.54) is 12.4 Å². The fourth-order valence-corrected chi connectivity index (χ4v) is 1.00. The molecule has 0 aliphatic rings. The first-order chi connectivity index (χ1) is 7.69. The number of amides is 1. The summed E-state index contributed by atoms with van der Waals surface area (Å²) in [6.45, 7) is 3.85. The largest absolute Gasteiger partial charge is 0.460 e. The molecule has 0 atom stereocenters. The average molecular weight is 227 g/mol. The molecule has 0 aliphatic heterocycles. The SMILES string of the molecule is CCOC(=O)Nn1ccnc1C(=O)OCC. The van der Waals surface area contributed by atoms with Crippen molar-refractivity contribution in [1.82, 2.24) is 9.66 Å². The lowest BCUT2D eigenvalue weighted by atomic mass is 10.6. The van der Waals surface area contributed by atoms with E-state index in [4.69, 9.17) is 4.74 Å². The summed E-state index contributed by atoms with van der Waals surface area (Å²) in [5.41, 5.74) is 2.32. The maximum atomic E-state index is 11.4. The zero-order chi connectivity index (χ0) is 12.0. The summed E-state index contributed by atoms with van der Waals surface area (Å²) in [5.74, 6) is -0.612. The monoisotopic (exact) mass is 227 g/mol. The molecule has 1 heterocycles. The maximum absolute atomic E-state index is 11.4. The number of esters is 1. The Hall–Kier alpha value is -2.05. The highest BCUT2D eigenvalue weighted by atomic mass is 16.6. The maximum Gasteiger partial charge on any atom is 0.426 e. The fourth-order valence-electron chi connectivity index (χ4n) is 1.00. The topological polar surface area (TPSA) is 82.5 Å². The molecule has 1 aromatic heterocycles. The molecule has 0 aromatic carbocycles. The van der Waals surface area contributed by atoms with Crippen LogP contribution >= 0.6 is 0 Å². The molecule has 0 aliphatic carbocycles. The van der Waals surface area contributed by atoms with Crippen molar-refractivity contribution in [3.05, 3.63) is 18.2 Å². The molecule has 0 fully saturated rings. The van der Waals surface area contributed by atoms with E-state index < -0.39 is 12.1 Å². The van der Waals surface area contributed by atoms with E-state index in [9.17, 15) is 9.59 Å². The average Bonchev–Trinajstić information content (AvgIpc) is 2.66. The number of hydrogen-bond acceptors (Lipinski definition) is 5. The van der Waals surface area contributed by atoms with E-state index in [0.29, 0.717) is 0 Å². The molecule has 1 N–H and O–H groups in total. The van der Waals surface area contributed by atoms with Gasteiger partial charge in [-0.25, -0.2) is 24.7 Å². The molecule has 7 heteroatoms. The van der Waals surface area contributed by atoms with Crippen LogP contribution in [0.25, 0.3) is 0 Å². The Morgan fingerprint density at radius 3 is 2.69 bits per heavy atom. The predicted molar refractivity (Wildman–Crippen MR) is 54.6 cm³/mol. The molecule has 0 saturated heterocycles. The van der Waals surface area contributed by atoms with E-state index in [2.05, 4.69) is 15.1 Å². The van der Waals surface area contributed by atoms with E-state index >= 15 is 0 Å². The minimum Gasteiger partial charge on any atom is -0.460 e. The van der Waals surface area contributed by atoms with Crippen LogP contribution in [0.3, 0.4) is 0 Å². The van der Waals surface area contributed by atoms with E-state index in [-0.39, 0.29) is 19.0 Å². The van der Waals surface area contributed by atoms with Crippen LogP contribution < -0.4 is 5.43 Å². The lowest BCUT2D eigenvalue weighted by Gasteiger charge is -2.08. The van der Waals surface area contributed by atoms with Crippen molar-refractivity contribution in [2.75, 3.05) is 18.6 Å². The second-order valence-electron chi connectivity index (χ2n) is 2.67. The number of hydrogen-bond donors (Lipinski definition) is 1. The van der Waals surface area contributed by atoms with Crippen molar-refractivity contribution >= 4 is 12.1 Å². The number of nitrogens with one attached hydrogen (secondary N) is 1. The van der Waals surface area contributed by atoms with Gasteiger partial charge in [0.05, 0.1) is 13.2 Å². The van der Waals surface area contributed by atoms with E-state index in [1.54, 1.807) is 13.8 Å². The van der Waals surface area contributed by atoms with Gasteiger partial charge in [0.2, 0.25) is 5.82 Å². The molecule has 0 bridgehead atoms. The number of rotatable bonds is 4. The van der Waals surface area contributed by atoms with E-state index in [0.717, 1.165) is 4.68 Å². The van der Waals surface area contributed by atoms with Crippen LogP contribution in [0.5, 0.6) is 0 Å². The van der Waals surface area contributed by atoms with Crippen molar-refractivity contribution < 1.29 is 19.1 Å². The van der Waals surface area contributed by atoms with Gasteiger partial charge in [0, 0.05) is 12.4 Å². The predicted octanol–water partition coefficient (Wildman–Crippen LogP) is 0.760. The van der Waals surface area contributed by atoms with Crippen molar-refractivity contribution in [3.63, 3.8) is 0 Å². The first kappa shape index (κ1) is 12.0. The zero-order valence-corrected chi connectivity index (χ0v) is 9.10. The first-order valence-corrected chi connectivity index (χ1v) is 4.83. The molecule has 1 amide bonds. The van der Waals surface area contributed by atoms with Gasteiger partial charge < -0.3 is 9.47 Å². The lowest BCUT2D eigenvalue weighted by Crippen LogP contribution is -2.27. The fraction of sp³-hybridized carbons (Fsp3) is 0.444. The Bertz CT molecular complexity index is 375. The molecule has 7 nitrogen and oxygen atoms in total. The molecular formula is C9H13N3O4. The highest BCUT2D eigenvalue weighted by Gasteiger charge is 2.15. The van der Waals surface area contributed by atoms with Gasteiger partial charge in [-0.05, 0) is 13.8 Å². The lowest BCUT2D eigenvalue weighted by molar-refractivity contribution is 0.0508. The van der Waals surface area contributed by atoms with E-state index in [1.807, 2.05) is 0 Å². The third kappa shape index (κ3) is 2.97. The van der Waals surface area contributed by atoms with Crippen molar-refractivity contribution in [2.45, 2.75) is 13.8 Å².